The Hall–Kier alpha value is -3.15. The summed E-state index contributed by atoms with van der Waals surface area (Å²) in [4.78, 5) is 41.4. The van der Waals surface area contributed by atoms with Gasteiger partial charge in [0.2, 0.25) is 17.7 Å². The number of rotatable bonds is 6. The number of carbonyl (C=O) groups is 3. The molecule has 0 aromatic heterocycles. The van der Waals surface area contributed by atoms with E-state index < -0.39 is 5.92 Å². The maximum atomic E-state index is 13.0. The summed E-state index contributed by atoms with van der Waals surface area (Å²) in [5.74, 6) is -0.0677. The van der Waals surface area contributed by atoms with Crippen LogP contribution in [0.25, 0.3) is 0 Å². The van der Waals surface area contributed by atoms with E-state index in [2.05, 4.69) is 25.2 Å². The third-order valence-electron chi connectivity index (χ3n) is 6.70. The van der Waals surface area contributed by atoms with Gasteiger partial charge in [0.25, 0.3) is 0 Å². The standard InChI is InChI=1S/C26H31N3O3/c1-4-17(2)21-8-5-6-9-23(21)29-16-19(15-25(29)31)26(32)27-20-11-12-22(18(3)14-20)28-13-7-10-24(28)30/h5-6,8-9,11-12,14,17,19H,4,7,10,13,15-16H2,1-3H3,(H,27,32)/t17-,19+/m0/s1. The van der Waals surface area contributed by atoms with Gasteiger partial charge in [-0.1, -0.05) is 32.0 Å². The van der Waals surface area contributed by atoms with Crippen molar-refractivity contribution in [3.8, 4) is 0 Å². The number of anilines is 3. The normalized spacial score (nSPS) is 19.5. The van der Waals surface area contributed by atoms with Crippen LogP contribution in [0.15, 0.2) is 42.5 Å². The summed E-state index contributed by atoms with van der Waals surface area (Å²) in [7, 11) is 0. The fourth-order valence-electron chi connectivity index (χ4n) is 4.67. The minimum Gasteiger partial charge on any atom is -0.326 e. The van der Waals surface area contributed by atoms with Crippen LogP contribution >= 0.6 is 0 Å². The topological polar surface area (TPSA) is 69.7 Å². The van der Waals surface area contributed by atoms with Gasteiger partial charge in [0.1, 0.15) is 0 Å². The lowest BCUT2D eigenvalue weighted by Crippen LogP contribution is -2.29. The zero-order valence-corrected chi connectivity index (χ0v) is 19.1. The molecular weight excluding hydrogens is 402 g/mol. The van der Waals surface area contributed by atoms with Gasteiger partial charge < -0.3 is 15.1 Å². The van der Waals surface area contributed by atoms with E-state index in [1.807, 2.05) is 48.2 Å². The van der Waals surface area contributed by atoms with Crippen molar-refractivity contribution in [2.45, 2.75) is 52.4 Å². The number of hydrogen-bond donors (Lipinski definition) is 1. The van der Waals surface area contributed by atoms with Crippen LogP contribution in [0.4, 0.5) is 17.1 Å². The second-order valence-electron chi connectivity index (χ2n) is 8.91. The highest BCUT2D eigenvalue weighted by molar-refractivity contribution is 6.04. The van der Waals surface area contributed by atoms with Crippen molar-refractivity contribution < 1.29 is 14.4 Å². The van der Waals surface area contributed by atoms with E-state index in [4.69, 9.17) is 0 Å². The molecule has 168 valence electrons. The van der Waals surface area contributed by atoms with Crippen molar-refractivity contribution in [2.24, 2.45) is 5.92 Å². The first-order chi connectivity index (χ1) is 15.4. The van der Waals surface area contributed by atoms with E-state index in [0.717, 1.165) is 41.9 Å². The van der Waals surface area contributed by atoms with Crippen LogP contribution in [0, 0.1) is 12.8 Å². The molecule has 2 heterocycles. The van der Waals surface area contributed by atoms with Crippen molar-refractivity contribution in [1.29, 1.82) is 0 Å². The van der Waals surface area contributed by atoms with Gasteiger partial charge in [-0.05, 0) is 61.1 Å². The molecule has 2 saturated heterocycles. The molecule has 1 N–H and O–H groups in total. The molecule has 0 aliphatic carbocycles. The van der Waals surface area contributed by atoms with Crippen LogP contribution in [0.2, 0.25) is 0 Å². The van der Waals surface area contributed by atoms with Gasteiger partial charge in [-0.25, -0.2) is 0 Å². The van der Waals surface area contributed by atoms with Gasteiger partial charge in [0, 0.05) is 43.0 Å². The van der Waals surface area contributed by atoms with Gasteiger partial charge in [-0.15, -0.1) is 0 Å². The summed E-state index contributed by atoms with van der Waals surface area (Å²) in [6, 6.07) is 13.6. The van der Waals surface area contributed by atoms with E-state index in [1.165, 1.54) is 0 Å². The number of benzene rings is 2. The van der Waals surface area contributed by atoms with E-state index in [-0.39, 0.29) is 24.1 Å². The smallest absolute Gasteiger partial charge is 0.229 e. The molecule has 32 heavy (non-hydrogen) atoms. The van der Waals surface area contributed by atoms with Crippen molar-refractivity contribution >= 4 is 34.8 Å². The van der Waals surface area contributed by atoms with Crippen LogP contribution in [0.5, 0.6) is 0 Å². The number of hydrogen-bond acceptors (Lipinski definition) is 3. The third kappa shape index (κ3) is 4.27. The number of para-hydroxylation sites is 1. The third-order valence-corrected chi connectivity index (χ3v) is 6.70. The summed E-state index contributed by atoms with van der Waals surface area (Å²) < 4.78 is 0. The Bertz CT molecular complexity index is 1050. The Balaban J connectivity index is 1.46. The molecule has 0 radical (unpaired) electrons. The molecule has 6 heteroatoms. The minimum atomic E-state index is -0.396. The molecular formula is C26H31N3O3. The highest BCUT2D eigenvalue weighted by atomic mass is 16.2. The Morgan fingerprint density at radius 2 is 1.88 bits per heavy atom. The van der Waals surface area contributed by atoms with Crippen LogP contribution in [-0.2, 0) is 14.4 Å². The molecule has 6 nitrogen and oxygen atoms in total. The molecule has 2 aromatic rings. The fraction of sp³-hybridized carbons (Fsp3) is 0.423. The maximum Gasteiger partial charge on any atom is 0.229 e. The predicted octanol–water partition coefficient (Wildman–Crippen LogP) is 4.63. The molecule has 3 amide bonds. The van der Waals surface area contributed by atoms with Crippen LogP contribution in [0.1, 0.15) is 56.6 Å². The highest BCUT2D eigenvalue weighted by Gasteiger charge is 2.36. The van der Waals surface area contributed by atoms with Crippen LogP contribution in [0.3, 0.4) is 0 Å². The van der Waals surface area contributed by atoms with Crippen molar-refractivity contribution in [3.05, 3.63) is 53.6 Å². The second kappa shape index (κ2) is 9.15. The minimum absolute atomic E-state index is 0.0139. The molecule has 0 bridgehead atoms. The summed E-state index contributed by atoms with van der Waals surface area (Å²) in [6.07, 6.45) is 2.66. The Morgan fingerprint density at radius 3 is 2.56 bits per heavy atom. The van der Waals surface area contributed by atoms with Crippen LogP contribution < -0.4 is 15.1 Å². The molecule has 2 aliphatic heterocycles. The van der Waals surface area contributed by atoms with Crippen LogP contribution in [-0.4, -0.2) is 30.8 Å². The monoisotopic (exact) mass is 433 g/mol. The molecule has 2 fully saturated rings. The lowest BCUT2D eigenvalue weighted by atomic mass is 9.96. The number of nitrogens with one attached hydrogen (secondary N) is 1. The number of carbonyl (C=O) groups excluding carboxylic acids is 3. The van der Waals surface area contributed by atoms with E-state index in [1.54, 1.807) is 4.90 Å². The molecule has 0 unspecified atom stereocenters. The SMILES string of the molecule is CC[C@H](C)c1ccccc1N1C[C@H](C(=O)Nc2ccc(N3CCCC3=O)c(C)c2)CC1=O. The van der Waals surface area contributed by atoms with Crippen molar-refractivity contribution in [1.82, 2.24) is 0 Å². The van der Waals surface area contributed by atoms with Gasteiger partial charge in [0.05, 0.1) is 5.92 Å². The summed E-state index contributed by atoms with van der Waals surface area (Å²) in [5.41, 5.74) is 4.59. The van der Waals surface area contributed by atoms with E-state index in [9.17, 15) is 14.4 Å². The zero-order chi connectivity index (χ0) is 22.8. The quantitative estimate of drug-likeness (QED) is 0.722. The zero-order valence-electron chi connectivity index (χ0n) is 19.1. The van der Waals surface area contributed by atoms with Crippen molar-refractivity contribution in [2.75, 3.05) is 28.2 Å². The average molecular weight is 434 g/mol. The maximum absolute atomic E-state index is 13.0. The first-order valence-corrected chi connectivity index (χ1v) is 11.5. The molecule has 4 rings (SSSR count). The first-order valence-electron chi connectivity index (χ1n) is 11.5. The molecule has 2 aliphatic rings. The summed E-state index contributed by atoms with van der Waals surface area (Å²) in [6.45, 7) is 7.37. The summed E-state index contributed by atoms with van der Waals surface area (Å²) in [5, 5.41) is 2.97. The van der Waals surface area contributed by atoms with E-state index in [0.29, 0.717) is 24.6 Å². The number of aryl methyl sites for hydroxylation is 1. The van der Waals surface area contributed by atoms with Gasteiger partial charge in [-0.2, -0.15) is 0 Å². The van der Waals surface area contributed by atoms with Gasteiger partial charge in [0.15, 0.2) is 0 Å². The average Bonchev–Trinajstić information content (AvgIpc) is 3.39. The first kappa shape index (κ1) is 22.1. The molecule has 2 aromatic carbocycles. The second-order valence-corrected chi connectivity index (χ2v) is 8.91. The van der Waals surface area contributed by atoms with Gasteiger partial charge in [-0.3, -0.25) is 14.4 Å². The fourth-order valence-corrected chi connectivity index (χ4v) is 4.67. The molecule has 0 spiro atoms. The lowest BCUT2D eigenvalue weighted by Gasteiger charge is -2.23. The highest BCUT2D eigenvalue weighted by Crippen LogP contribution is 2.34. The van der Waals surface area contributed by atoms with Crippen molar-refractivity contribution in [3.63, 3.8) is 0 Å². The molecule has 0 saturated carbocycles. The Labute approximate surface area is 189 Å². The Morgan fingerprint density at radius 1 is 1.09 bits per heavy atom. The lowest BCUT2D eigenvalue weighted by molar-refractivity contribution is -0.122. The van der Waals surface area contributed by atoms with E-state index >= 15 is 0 Å². The number of amides is 3. The number of nitrogens with zero attached hydrogens (tertiary/aromatic N) is 2. The summed E-state index contributed by atoms with van der Waals surface area (Å²) >= 11 is 0. The molecule has 2 atom stereocenters. The van der Waals surface area contributed by atoms with Gasteiger partial charge >= 0.3 is 0 Å². The predicted molar refractivity (Wildman–Crippen MR) is 127 cm³/mol. The Kier molecular flexibility index (Phi) is 6.31. The largest absolute Gasteiger partial charge is 0.326 e.